The number of halogens is 17. The Kier molecular flexibility index (Phi) is 8.04. The van der Waals surface area contributed by atoms with Crippen LogP contribution in [0, 0.1) is 0 Å². The fourth-order valence-corrected chi connectivity index (χ4v) is 4.32. The van der Waals surface area contributed by atoms with Crippen LogP contribution in [0.2, 0.25) is 0 Å². The van der Waals surface area contributed by atoms with E-state index in [-0.39, 0.29) is 0 Å². The highest BCUT2D eigenvalue weighted by Gasteiger charge is 2.96. The smallest absolute Gasteiger partial charge is 0.287 e. The SMILES string of the molecule is COS(C)(C)OS(=O)(=O)C(F)(F)C(F)(F)C(F)(F)C(F)(F)C(F)(F)C(F)(F)C(F)(F)C(F)(F)F. The number of rotatable bonds is 10. The summed E-state index contributed by atoms with van der Waals surface area (Å²) in [6.45, 7) is 0. The van der Waals surface area contributed by atoms with E-state index in [4.69, 9.17) is 0 Å². The highest BCUT2D eigenvalue weighted by atomic mass is 32.3. The van der Waals surface area contributed by atoms with Gasteiger partial charge in [0.05, 0.1) is 7.11 Å². The first-order chi connectivity index (χ1) is 14.3. The summed E-state index contributed by atoms with van der Waals surface area (Å²) >= 11 is 0. The van der Waals surface area contributed by atoms with Crippen LogP contribution in [0.1, 0.15) is 0 Å². The average Bonchev–Trinajstić information content (AvgIpc) is 2.58. The second kappa shape index (κ2) is 8.28. The van der Waals surface area contributed by atoms with Crippen molar-refractivity contribution in [2.45, 2.75) is 47.0 Å². The molecule has 0 aromatic rings. The highest BCUT2D eigenvalue weighted by molar-refractivity contribution is 8.28. The van der Waals surface area contributed by atoms with Crippen molar-refractivity contribution in [3.63, 3.8) is 0 Å². The number of hydrogen-bond acceptors (Lipinski definition) is 4. The van der Waals surface area contributed by atoms with E-state index >= 15 is 0 Å². The van der Waals surface area contributed by atoms with Crippen LogP contribution in [-0.4, -0.2) is 75.0 Å². The molecule has 0 aromatic heterocycles. The molecule has 34 heavy (non-hydrogen) atoms. The van der Waals surface area contributed by atoms with Crippen LogP contribution in [0.15, 0.2) is 0 Å². The van der Waals surface area contributed by atoms with Crippen LogP contribution in [0.5, 0.6) is 0 Å². The van der Waals surface area contributed by atoms with E-state index in [1.807, 2.05) is 0 Å². The zero-order valence-corrected chi connectivity index (χ0v) is 17.5. The lowest BCUT2D eigenvalue weighted by Crippen LogP contribution is -2.75. The van der Waals surface area contributed by atoms with E-state index in [2.05, 4.69) is 7.81 Å². The van der Waals surface area contributed by atoms with Crippen LogP contribution < -0.4 is 0 Å². The summed E-state index contributed by atoms with van der Waals surface area (Å²) < 4.78 is 253. The fraction of sp³-hybridized carbons (Fsp3) is 1.00. The molecular formula is C11H9F17O4S2. The van der Waals surface area contributed by atoms with Gasteiger partial charge in [-0.15, -0.1) is 0 Å². The van der Waals surface area contributed by atoms with Crippen molar-refractivity contribution >= 4 is 20.7 Å². The Morgan fingerprint density at radius 2 is 0.765 bits per heavy atom. The van der Waals surface area contributed by atoms with E-state index in [0.717, 1.165) is 0 Å². The van der Waals surface area contributed by atoms with Gasteiger partial charge < -0.3 is 0 Å². The lowest BCUT2D eigenvalue weighted by molar-refractivity contribution is -0.458. The second-order valence-corrected chi connectivity index (χ2v) is 10.9. The summed E-state index contributed by atoms with van der Waals surface area (Å²) in [5.74, 6) is -51.9. The van der Waals surface area contributed by atoms with Gasteiger partial charge in [-0.3, -0.25) is 4.18 Å². The Bertz CT molecular complexity index is 861. The van der Waals surface area contributed by atoms with Gasteiger partial charge >= 0.3 is 57.1 Å². The van der Waals surface area contributed by atoms with Gasteiger partial charge in [-0.25, -0.2) is 0 Å². The number of hydrogen-bond donors (Lipinski definition) is 0. The monoisotopic (exact) mass is 592 g/mol. The molecule has 0 radical (unpaired) electrons. The molecule has 0 spiro atoms. The molecular weight excluding hydrogens is 583 g/mol. The van der Waals surface area contributed by atoms with E-state index in [1.165, 1.54) is 0 Å². The molecule has 0 aliphatic rings. The summed E-state index contributed by atoms with van der Waals surface area (Å²) in [4.78, 5) is 0. The maximum Gasteiger partial charge on any atom is 0.460 e. The van der Waals surface area contributed by atoms with Gasteiger partial charge in [0.15, 0.2) is 0 Å². The van der Waals surface area contributed by atoms with Gasteiger partial charge in [-0.05, 0) is 0 Å². The van der Waals surface area contributed by atoms with Gasteiger partial charge in [-0.2, -0.15) is 97.3 Å². The van der Waals surface area contributed by atoms with Gasteiger partial charge in [0, 0.05) is 12.5 Å². The maximum absolute atomic E-state index is 13.7. The van der Waals surface area contributed by atoms with Gasteiger partial charge in [0.25, 0.3) is 0 Å². The van der Waals surface area contributed by atoms with Crippen molar-refractivity contribution < 1.29 is 90.9 Å². The Morgan fingerprint density at radius 3 is 1.03 bits per heavy atom. The van der Waals surface area contributed by atoms with Crippen molar-refractivity contribution in [2.24, 2.45) is 0 Å². The molecule has 0 rings (SSSR count). The molecule has 0 fully saturated rings. The molecule has 23 heteroatoms. The summed E-state index contributed by atoms with van der Waals surface area (Å²) in [6, 6.07) is 0. The molecule has 0 N–H and O–H groups in total. The Hall–Kier alpha value is -0.970. The molecule has 0 aliphatic heterocycles. The van der Waals surface area contributed by atoms with Gasteiger partial charge in [0.1, 0.15) is 0 Å². The molecule has 0 saturated carbocycles. The topological polar surface area (TPSA) is 52.6 Å². The maximum atomic E-state index is 13.7. The molecule has 0 atom stereocenters. The van der Waals surface area contributed by atoms with Crippen molar-refractivity contribution in [3.05, 3.63) is 0 Å². The summed E-state index contributed by atoms with van der Waals surface area (Å²) in [7, 11) is -11.1. The summed E-state index contributed by atoms with van der Waals surface area (Å²) in [5.41, 5.74) is 0. The first kappa shape index (κ1) is 33.0. The lowest BCUT2D eigenvalue weighted by Gasteiger charge is -2.42. The molecule has 0 unspecified atom stereocenters. The van der Waals surface area contributed by atoms with E-state index in [9.17, 15) is 83.1 Å². The predicted molar refractivity (Wildman–Crippen MR) is 77.1 cm³/mol. The van der Waals surface area contributed by atoms with E-state index in [0.29, 0.717) is 19.6 Å². The largest absolute Gasteiger partial charge is 0.460 e. The predicted octanol–water partition coefficient (Wildman–Crippen LogP) is 5.84. The normalized spacial score (nSPS) is 17.2. The minimum atomic E-state index is -8.88. The second-order valence-electron chi connectivity index (χ2n) is 6.29. The van der Waals surface area contributed by atoms with Crippen molar-refractivity contribution in [1.82, 2.24) is 0 Å². The summed E-state index contributed by atoms with van der Waals surface area (Å²) in [6.07, 6.45) is -7.11. The van der Waals surface area contributed by atoms with Gasteiger partial charge in [0.2, 0.25) is 0 Å². The zero-order chi connectivity index (χ0) is 28.4. The quantitative estimate of drug-likeness (QED) is 0.300. The van der Waals surface area contributed by atoms with Crippen molar-refractivity contribution in [1.29, 1.82) is 0 Å². The molecule has 0 saturated heterocycles. The Balaban J connectivity index is 6.95. The van der Waals surface area contributed by atoms with Crippen LogP contribution >= 0.6 is 10.6 Å². The lowest BCUT2D eigenvalue weighted by atomic mass is 9.91. The highest BCUT2D eigenvalue weighted by Crippen LogP contribution is 2.65. The molecule has 0 aromatic carbocycles. The molecule has 4 nitrogen and oxygen atoms in total. The minimum Gasteiger partial charge on any atom is -0.287 e. The first-order valence-corrected chi connectivity index (χ1v) is 10.9. The van der Waals surface area contributed by atoms with E-state index in [1.54, 1.807) is 0 Å². The molecule has 0 amide bonds. The van der Waals surface area contributed by atoms with Crippen LogP contribution in [0.3, 0.4) is 0 Å². The zero-order valence-electron chi connectivity index (χ0n) is 15.9. The Labute approximate surface area is 179 Å². The van der Waals surface area contributed by atoms with Crippen LogP contribution in [0.25, 0.3) is 0 Å². The molecule has 0 heterocycles. The Morgan fingerprint density at radius 1 is 0.500 bits per heavy atom. The van der Waals surface area contributed by atoms with Gasteiger partial charge in [-0.1, -0.05) is 0 Å². The first-order valence-electron chi connectivity index (χ1n) is 7.22. The number of alkyl halides is 17. The minimum absolute atomic E-state index is 0.388. The van der Waals surface area contributed by atoms with Crippen LogP contribution in [-0.2, 0) is 17.9 Å². The standard InChI is InChI=1S/C11H9F17O4S2/c1-31-33(2,3)32-34(29,30)11(27,28)9(22,23)7(18,19)5(14,15)4(12,13)6(16,17)8(20,21)10(24,25)26/h1-3H3. The third-order valence-electron chi connectivity index (χ3n) is 3.66. The van der Waals surface area contributed by atoms with Crippen molar-refractivity contribution in [2.75, 3.05) is 19.6 Å². The van der Waals surface area contributed by atoms with Crippen LogP contribution in [0.4, 0.5) is 74.6 Å². The fourth-order valence-electron chi connectivity index (χ4n) is 1.59. The third-order valence-corrected chi connectivity index (χ3v) is 7.38. The molecule has 208 valence electrons. The summed E-state index contributed by atoms with van der Waals surface area (Å²) in [5, 5.41) is -7.71. The third kappa shape index (κ3) is 4.37. The van der Waals surface area contributed by atoms with Crippen molar-refractivity contribution in [3.8, 4) is 0 Å². The molecule has 0 aliphatic carbocycles. The average molecular weight is 592 g/mol. The molecule has 0 bridgehead atoms. The van der Waals surface area contributed by atoms with E-state index < -0.39 is 67.7 Å².